The fourth-order valence-corrected chi connectivity index (χ4v) is 6.32. The van der Waals surface area contributed by atoms with Crippen LogP contribution in [-0.4, -0.2) is 24.2 Å². The first-order valence-corrected chi connectivity index (χ1v) is 6.50. The SMILES string of the molecule is O=S1C=C[C@H]2[C@@H]1[C@H]1C=C[C@@H]2S1=O. The van der Waals surface area contributed by atoms with E-state index in [2.05, 4.69) is 0 Å². The highest BCUT2D eigenvalue weighted by molar-refractivity contribution is 7.93. The molecule has 1 fully saturated rings. The second-order valence-electron chi connectivity index (χ2n) is 3.34. The minimum absolute atomic E-state index is 0.0656. The average molecular weight is 200 g/mol. The molecular formula is C8H8O2S2. The Balaban J connectivity index is 2.13. The maximum Gasteiger partial charge on any atom is 0.0687 e. The predicted molar refractivity (Wildman–Crippen MR) is 49.4 cm³/mol. The van der Waals surface area contributed by atoms with E-state index in [0.717, 1.165) is 0 Å². The Bertz CT molecular complexity index is 345. The summed E-state index contributed by atoms with van der Waals surface area (Å²) in [6.07, 6.45) is 5.98. The van der Waals surface area contributed by atoms with E-state index >= 15 is 0 Å². The zero-order valence-corrected chi connectivity index (χ0v) is 7.88. The summed E-state index contributed by atoms with van der Waals surface area (Å²) in [6, 6.07) is 0. The number of fused-ring (bicyclic) bond motifs is 5. The van der Waals surface area contributed by atoms with Crippen LogP contribution in [0.5, 0.6) is 0 Å². The van der Waals surface area contributed by atoms with Crippen LogP contribution in [0.15, 0.2) is 23.6 Å². The first kappa shape index (κ1) is 7.21. The Kier molecular flexibility index (Phi) is 1.31. The van der Waals surface area contributed by atoms with Crippen molar-refractivity contribution in [3.05, 3.63) is 23.6 Å². The molecule has 64 valence electrons. The summed E-state index contributed by atoms with van der Waals surface area (Å²) in [4.78, 5) is 0. The number of hydrogen-bond donors (Lipinski definition) is 0. The van der Waals surface area contributed by atoms with E-state index in [9.17, 15) is 8.42 Å². The second kappa shape index (κ2) is 2.17. The quantitative estimate of drug-likeness (QED) is 0.528. The van der Waals surface area contributed by atoms with Crippen LogP contribution in [-0.2, 0) is 21.6 Å². The van der Waals surface area contributed by atoms with Crippen LogP contribution < -0.4 is 0 Å². The zero-order valence-electron chi connectivity index (χ0n) is 6.25. The molecule has 6 atom stereocenters. The Morgan fingerprint density at radius 1 is 1.00 bits per heavy atom. The van der Waals surface area contributed by atoms with Gasteiger partial charge in [-0.2, -0.15) is 0 Å². The number of allylic oxidation sites excluding steroid dienone is 1. The molecule has 0 aromatic heterocycles. The molecule has 3 heterocycles. The molecule has 2 nitrogen and oxygen atoms in total. The second-order valence-corrected chi connectivity index (χ2v) is 6.56. The van der Waals surface area contributed by atoms with Crippen molar-refractivity contribution in [2.24, 2.45) is 5.92 Å². The molecule has 0 radical (unpaired) electrons. The molecule has 3 rings (SSSR count). The molecule has 0 N–H and O–H groups in total. The van der Waals surface area contributed by atoms with Crippen molar-refractivity contribution in [1.82, 2.24) is 0 Å². The van der Waals surface area contributed by atoms with Gasteiger partial charge in [-0.15, -0.1) is 0 Å². The Morgan fingerprint density at radius 2 is 1.75 bits per heavy atom. The van der Waals surface area contributed by atoms with E-state index in [-0.39, 0.29) is 15.7 Å². The van der Waals surface area contributed by atoms with Crippen LogP contribution in [0.4, 0.5) is 0 Å². The van der Waals surface area contributed by atoms with Crippen LogP contribution in [0.3, 0.4) is 0 Å². The molecule has 0 spiro atoms. The summed E-state index contributed by atoms with van der Waals surface area (Å²) < 4.78 is 23.1. The van der Waals surface area contributed by atoms with Gasteiger partial charge in [0.25, 0.3) is 0 Å². The molecule has 2 bridgehead atoms. The van der Waals surface area contributed by atoms with E-state index < -0.39 is 21.6 Å². The van der Waals surface area contributed by atoms with Gasteiger partial charge in [-0.05, 0) is 5.41 Å². The summed E-state index contributed by atoms with van der Waals surface area (Å²) in [5, 5.41) is 2.11. The van der Waals surface area contributed by atoms with Gasteiger partial charge in [-0.1, -0.05) is 18.2 Å². The molecule has 3 aliphatic heterocycles. The fourth-order valence-electron chi connectivity index (χ4n) is 2.25. The third kappa shape index (κ3) is 0.661. The minimum Gasteiger partial charge on any atom is -0.258 e. The van der Waals surface area contributed by atoms with Crippen molar-refractivity contribution in [3.8, 4) is 0 Å². The molecule has 2 unspecified atom stereocenters. The van der Waals surface area contributed by atoms with Crippen LogP contribution in [0.25, 0.3) is 0 Å². The molecule has 0 amide bonds. The van der Waals surface area contributed by atoms with Crippen LogP contribution in [0.1, 0.15) is 0 Å². The average Bonchev–Trinajstić information content (AvgIpc) is 2.66. The standard InChI is InChI=1S/C8H8O2S2/c9-11-4-3-5-6-1-2-7(8(5)11)12(6)10/h1-8H/t5-,6+,7-,8-,11?,12?/m1/s1. The summed E-state index contributed by atoms with van der Waals surface area (Å²) >= 11 is 0. The third-order valence-electron chi connectivity index (χ3n) is 2.81. The van der Waals surface area contributed by atoms with Gasteiger partial charge in [0, 0.05) is 16.7 Å². The van der Waals surface area contributed by atoms with Gasteiger partial charge in [0.2, 0.25) is 0 Å². The summed E-state index contributed by atoms with van der Waals surface area (Å²) in [7, 11) is -1.66. The number of hydrogen-bond acceptors (Lipinski definition) is 2. The van der Waals surface area contributed by atoms with Gasteiger partial charge in [0.15, 0.2) is 0 Å². The van der Waals surface area contributed by atoms with Gasteiger partial charge in [0.05, 0.1) is 26.5 Å². The van der Waals surface area contributed by atoms with E-state index in [1.807, 2.05) is 18.2 Å². The third-order valence-corrected chi connectivity index (χ3v) is 6.55. The monoisotopic (exact) mass is 200 g/mol. The van der Waals surface area contributed by atoms with Crippen LogP contribution >= 0.6 is 0 Å². The topological polar surface area (TPSA) is 34.1 Å². The molecule has 0 aromatic carbocycles. The summed E-state index contributed by atoms with van der Waals surface area (Å²) in [5.41, 5.74) is 0. The van der Waals surface area contributed by atoms with Gasteiger partial charge in [0.1, 0.15) is 0 Å². The maximum atomic E-state index is 11.6. The summed E-state index contributed by atoms with van der Waals surface area (Å²) in [6.45, 7) is 0. The van der Waals surface area contributed by atoms with E-state index in [1.54, 1.807) is 5.41 Å². The lowest BCUT2D eigenvalue weighted by atomic mass is 9.94. The number of rotatable bonds is 0. The molecule has 4 heteroatoms. The van der Waals surface area contributed by atoms with Crippen molar-refractivity contribution in [1.29, 1.82) is 0 Å². The molecule has 12 heavy (non-hydrogen) atoms. The highest BCUT2D eigenvalue weighted by Gasteiger charge is 2.53. The van der Waals surface area contributed by atoms with Gasteiger partial charge in [-0.3, -0.25) is 8.42 Å². The highest BCUT2D eigenvalue weighted by atomic mass is 32.2. The van der Waals surface area contributed by atoms with E-state index in [4.69, 9.17) is 0 Å². The van der Waals surface area contributed by atoms with Gasteiger partial charge >= 0.3 is 0 Å². The van der Waals surface area contributed by atoms with Crippen molar-refractivity contribution in [2.75, 3.05) is 0 Å². The highest BCUT2D eigenvalue weighted by Crippen LogP contribution is 2.43. The zero-order chi connectivity index (χ0) is 8.29. The smallest absolute Gasteiger partial charge is 0.0687 e. The predicted octanol–water partition coefficient (Wildman–Crippen LogP) is 0.317. The van der Waals surface area contributed by atoms with Crippen molar-refractivity contribution in [2.45, 2.75) is 15.7 Å². The van der Waals surface area contributed by atoms with E-state index in [1.165, 1.54) is 0 Å². The van der Waals surface area contributed by atoms with Crippen molar-refractivity contribution >= 4 is 21.6 Å². The molecule has 0 aliphatic carbocycles. The Hall–Kier alpha value is -0.220. The molecule has 0 saturated carbocycles. The molecule has 0 aromatic rings. The van der Waals surface area contributed by atoms with E-state index in [0.29, 0.717) is 5.92 Å². The maximum absolute atomic E-state index is 11.6. The van der Waals surface area contributed by atoms with Crippen molar-refractivity contribution in [3.63, 3.8) is 0 Å². The molecular weight excluding hydrogens is 192 g/mol. The minimum atomic E-state index is -0.873. The molecule has 3 aliphatic rings. The largest absolute Gasteiger partial charge is 0.258 e. The van der Waals surface area contributed by atoms with Crippen molar-refractivity contribution < 1.29 is 8.42 Å². The first-order chi connectivity index (χ1) is 5.79. The van der Waals surface area contributed by atoms with Crippen LogP contribution in [0.2, 0.25) is 0 Å². The first-order valence-electron chi connectivity index (χ1n) is 3.94. The Labute approximate surface area is 75.6 Å². The Morgan fingerprint density at radius 3 is 2.50 bits per heavy atom. The summed E-state index contributed by atoms with van der Waals surface area (Å²) in [5.74, 6) is 0.293. The fraction of sp³-hybridized carbons (Fsp3) is 0.500. The normalized spacial score (nSPS) is 59.7. The van der Waals surface area contributed by atoms with Gasteiger partial charge in [-0.25, -0.2) is 0 Å². The lowest BCUT2D eigenvalue weighted by molar-refractivity contribution is 0.632. The van der Waals surface area contributed by atoms with Crippen LogP contribution in [0, 0.1) is 5.92 Å². The van der Waals surface area contributed by atoms with Gasteiger partial charge < -0.3 is 0 Å². The molecule has 1 saturated heterocycles. The lowest BCUT2D eigenvalue weighted by Crippen LogP contribution is -2.27. The lowest BCUT2D eigenvalue weighted by Gasteiger charge is -2.15.